The molecule has 0 saturated heterocycles. The van der Waals surface area contributed by atoms with Gasteiger partial charge in [-0.3, -0.25) is 0 Å². The molecule has 3 aromatic carbocycles. The van der Waals surface area contributed by atoms with Crippen LogP contribution in [0.3, 0.4) is 0 Å². The zero-order valence-corrected chi connectivity index (χ0v) is 20.3. The van der Waals surface area contributed by atoms with E-state index in [2.05, 4.69) is 107 Å². The minimum Gasteiger partial charge on any atom is -0.301 e. The van der Waals surface area contributed by atoms with Gasteiger partial charge < -0.3 is 4.57 Å². The average molecular weight is 500 g/mol. The predicted molar refractivity (Wildman–Crippen MR) is 137 cm³/mol. The first-order valence-corrected chi connectivity index (χ1v) is 12.2. The van der Waals surface area contributed by atoms with Crippen molar-refractivity contribution in [2.75, 3.05) is 0 Å². The van der Waals surface area contributed by atoms with E-state index in [1.807, 2.05) is 6.07 Å². The van der Waals surface area contributed by atoms with E-state index in [-0.39, 0.29) is 0 Å². The van der Waals surface area contributed by atoms with Crippen molar-refractivity contribution in [1.29, 1.82) is 0 Å². The van der Waals surface area contributed by atoms with Crippen LogP contribution in [0, 0.1) is 13.8 Å². The van der Waals surface area contributed by atoms with Crippen molar-refractivity contribution in [3.8, 4) is 16.8 Å². The molecule has 0 saturated carbocycles. The normalized spacial score (nSPS) is 11.2. The third kappa shape index (κ3) is 4.10. The Hall–Kier alpha value is -2.89. The van der Waals surface area contributed by atoms with Gasteiger partial charge in [-0.15, -0.1) is 11.8 Å². The Morgan fingerprint density at radius 3 is 2.47 bits per heavy atom. The van der Waals surface area contributed by atoms with Gasteiger partial charge in [-0.25, -0.2) is 9.97 Å². The van der Waals surface area contributed by atoms with Gasteiger partial charge in [0.2, 0.25) is 0 Å². The van der Waals surface area contributed by atoms with E-state index in [0.29, 0.717) is 0 Å². The Kier molecular flexibility index (Phi) is 5.85. The van der Waals surface area contributed by atoms with Crippen LogP contribution in [0.25, 0.3) is 27.8 Å². The van der Waals surface area contributed by atoms with Gasteiger partial charge in [0.25, 0.3) is 0 Å². The highest BCUT2D eigenvalue weighted by molar-refractivity contribution is 9.10. The Morgan fingerprint density at radius 1 is 0.906 bits per heavy atom. The maximum atomic E-state index is 4.71. The van der Waals surface area contributed by atoms with Crippen LogP contribution in [-0.4, -0.2) is 14.5 Å². The van der Waals surface area contributed by atoms with Crippen molar-refractivity contribution in [1.82, 2.24) is 14.5 Å². The number of halogens is 1. The second kappa shape index (κ2) is 8.93. The lowest BCUT2D eigenvalue weighted by molar-refractivity contribution is 1.04. The van der Waals surface area contributed by atoms with Gasteiger partial charge in [-0.05, 0) is 54.8 Å². The van der Waals surface area contributed by atoms with Gasteiger partial charge >= 0.3 is 0 Å². The maximum Gasteiger partial charge on any atom is 0.149 e. The molecule has 5 rings (SSSR count). The molecule has 0 amide bonds. The zero-order chi connectivity index (χ0) is 22.1. The molecule has 3 nitrogen and oxygen atoms in total. The highest BCUT2D eigenvalue weighted by atomic mass is 79.9. The minimum absolute atomic E-state index is 0.872. The van der Waals surface area contributed by atoms with Crippen LogP contribution in [0.2, 0.25) is 0 Å². The second-order valence-electron chi connectivity index (χ2n) is 7.85. The minimum atomic E-state index is 0.872. The van der Waals surface area contributed by atoms with E-state index < -0.39 is 0 Å². The number of benzene rings is 3. The molecule has 0 aliphatic rings. The summed E-state index contributed by atoms with van der Waals surface area (Å²) in [6.07, 6.45) is 3.86. The molecule has 0 atom stereocenters. The van der Waals surface area contributed by atoms with Gasteiger partial charge in [-0.2, -0.15) is 0 Å². The molecule has 0 aliphatic carbocycles. The Labute approximate surface area is 200 Å². The summed E-state index contributed by atoms with van der Waals surface area (Å²) in [5.74, 6) is 0.872. The summed E-state index contributed by atoms with van der Waals surface area (Å²) in [5.41, 5.74) is 8.24. The topological polar surface area (TPSA) is 30.7 Å². The fourth-order valence-corrected chi connectivity index (χ4v) is 5.22. The molecule has 0 spiro atoms. The van der Waals surface area contributed by atoms with Crippen LogP contribution in [0.5, 0.6) is 0 Å². The van der Waals surface area contributed by atoms with Crippen molar-refractivity contribution >= 4 is 38.7 Å². The molecule has 0 fully saturated rings. The monoisotopic (exact) mass is 499 g/mol. The van der Waals surface area contributed by atoms with Crippen LogP contribution in [-0.2, 0) is 5.75 Å². The molecule has 0 bridgehead atoms. The summed E-state index contributed by atoms with van der Waals surface area (Å²) in [6, 6.07) is 25.4. The fraction of sp³-hybridized carbons (Fsp3) is 0.111. The first-order chi connectivity index (χ1) is 15.6. The van der Waals surface area contributed by atoms with Gasteiger partial charge in [0.05, 0.1) is 5.39 Å². The van der Waals surface area contributed by atoms with Gasteiger partial charge in [0.1, 0.15) is 17.0 Å². The molecular formula is C27H22BrN3S. The lowest BCUT2D eigenvalue weighted by atomic mass is 10.1. The summed E-state index contributed by atoms with van der Waals surface area (Å²) < 4.78 is 3.22. The lowest BCUT2D eigenvalue weighted by Gasteiger charge is -2.09. The summed E-state index contributed by atoms with van der Waals surface area (Å²) in [6.45, 7) is 4.31. The summed E-state index contributed by atoms with van der Waals surface area (Å²) in [4.78, 5) is 9.41. The highest BCUT2D eigenvalue weighted by Crippen LogP contribution is 2.38. The number of rotatable bonds is 5. The van der Waals surface area contributed by atoms with E-state index in [1.54, 1.807) is 18.1 Å². The van der Waals surface area contributed by atoms with E-state index >= 15 is 0 Å². The van der Waals surface area contributed by atoms with Crippen molar-refractivity contribution < 1.29 is 0 Å². The zero-order valence-electron chi connectivity index (χ0n) is 17.9. The van der Waals surface area contributed by atoms with Crippen LogP contribution >= 0.6 is 27.7 Å². The standard InChI is InChI=1S/C27H22BrN3S/c1-18-8-9-19(2)21(14-18)16-32-27-25-24(20-6-4-3-5-7-20)15-31(26(25)29-17-30-27)23-12-10-22(28)11-13-23/h3-15,17H,16H2,1-2H3. The van der Waals surface area contributed by atoms with Crippen LogP contribution in [0.15, 0.2) is 94.8 Å². The number of nitrogens with zero attached hydrogens (tertiary/aromatic N) is 3. The largest absolute Gasteiger partial charge is 0.301 e. The first kappa shape index (κ1) is 21.0. The van der Waals surface area contributed by atoms with Crippen molar-refractivity contribution in [2.24, 2.45) is 0 Å². The highest BCUT2D eigenvalue weighted by Gasteiger charge is 2.18. The lowest BCUT2D eigenvalue weighted by Crippen LogP contribution is -1.95. The molecule has 32 heavy (non-hydrogen) atoms. The van der Waals surface area contributed by atoms with Crippen LogP contribution in [0.1, 0.15) is 16.7 Å². The molecular weight excluding hydrogens is 478 g/mol. The Morgan fingerprint density at radius 2 is 1.69 bits per heavy atom. The van der Waals surface area contributed by atoms with Gasteiger partial charge in [0, 0.05) is 27.7 Å². The molecule has 0 aliphatic heterocycles. The second-order valence-corrected chi connectivity index (χ2v) is 9.73. The number of aromatic nitrogens is 3. The van der Waals surface area contributed by atoms with E-state index in [0.717, 1.165) is 43.1 Å². The molecule has 0 N–H and O–H groups in total. The molecule has 5 aromatic rings. The average Bonchev–Trinajstić information content (AvgIpc) is 3.21. The number of hydrogen-bond acceptors (Lipinski definition) is 3. The number of hydrogen-bond donors (Lipinski definition) is 0. The van der Waals surface area contributed by atoms with Gasteiger partial charge in [0.15, 0.2) is 0 Å². The first-order valence-electron chi connectivity index (χ1n) is 10.5. The Balaban J connectivity index is 1.65. The fourth-order valence-electron chi connectivity index (χ4n) is 3.88. The Bertz CT molecular complexity index is 1390. The third-order valence-electron chi connectivity index (χ3n) is 5.61. The van der Waals surface area contributed by atoms with Crippen molar-refractivity contribution in [3.05, 3.63) is 106 Å². The summed E-state index contributed by atoms with van der Waals surface area (Å²) >= 11 is 5.31. The number of fused-ring (bicyclic) bond motifs is 1. The van der Waals surface area contributed by atoms with E-state index in [9.17, 15) is 0 Å². The quantitative estimate of drug-likeness (QED) is 0.183. The molecule has 0 radical (unpaired) electrons. The molecule has 2 heterocycles. The number of aryl methyl sites for hydroxylation is 2. The molecule has 5 heteroatoms. The summed E-state index contributed by atoms with van der Waals surface area (Å²) in [5, 5.41) is 2.10. The molecule has 0 unspecified atom stereocenters. The maximum absolute atomic E-state index is 4.71. The van der Waals surface area contributed by atoms with E-state index in [4.69, 9.17) is 9.97 Å². The SMILES string of the molecule is Cc1ccc(C)c(CSc2ncnc3c2c(-c2ccccc2)cn3-c2ccc(Br)cc2)c1. The smallest absolute Gasteiger partial charge is 0.149 e. The molecule has 2 aromatic heterocycles. The third-order valence-corrected chi connectivity index (χ3v) is 7.17. The predicted octanol–water partition coefficient (Wildman–Crippen LogP) is 7.76. The number of thioether (sulfide) groups is 1. The van der Waals surface area contributed by atoms with Crippen molar-refractivity contribution in [2.45, 2.75) is 24.6 Å². The van der Waals surface area contributed by atoms with E-state index in [1.165, 1.54) is 16.7 Å². The van der Waals surface area contributed by atoms with Crippen molar-refractivity contribution in [3.63, 3.8) is 0 Å². The van der Waals surface area contributed by atoms with Crippen LogP contribution in [0.4, 0.5) is 0 Å². The van der Waals surface area contributed by atoms with Crippen LogP contribution < -0.4 is 0 Å². The summed E-state index contributed by atoms with van der Waals surface area (Å²) in [7, 11) is 0. The molecule has 158 valence electrons. The van der Waals surface area contributed by atoms with Gasteiger partial charge in [-0.1, -0.05) is 70.0 Å².